The van der Waals surface area contributed by atoms with E-state index in [1.807, 2.05) is 78.4 Å². The lowest BCUT2D eigenvalue weighted by Crippen LogP contribution is -2.29. The molecule has 1 aliphatic heterocycles. The maximum atomic E-state index is 6.02. The van der Waals surface area contributed by atoms with Crippen molar-refractivity contribution in [2.45, 2.75) is 25.9 Å². The van der Waals surface area contributed by atoms with Crippen molar-refractivity contribution in [3.8, 4) is 16.6 Å². The number of thiocarbonyl (C=S) groups is 1. The van der Waals surface area contributed by atoms with Crippen molar-refractivity contribution in [2.24, 2.45) is 0 Å². The standard InChI is InChI=1S/C29H25N5OS2/c1-19-18-24(20(2)33(19)29-31-16-17-37-29)27-26(25-10-6-7-15-30-25)32-28(36)34(27)21-11-13-23(14-12-21)35-22-8-4-3-5-9-22/h3-18,26-27H,1-2H3,(H,32,36)/t26-,27+/m1/s1. The zero-order valence-electron chi connectivity index (χ0n) is 20.4. The highest BCUT2D eigenvalue weighted by Gasteiger charge is 2.42. The quantitative estimate of drug-likeness (QED) is 0.244. The van der Waals surface area contributed by atoms with Crippen LogP contribution >= 0.6 is 23.6 Å². The first-order chi connectivity index (χ1) is 18.1. The van der Waals surface area contributed by atoms with E-state index in [1.165, 1.54) is 5.56 Å². The lowest BCUT2D eigenvalue weighted by Gasteiger charge is -2.28. The highest BCUT2D eigenvalue weighted by molar-refractivity contribution is 7.80. The van der Waals surface area contributed by atoms with E-state index in [1.54, 1.807) is 11.3 Å². The monoisotopic (exact) mass is 523 g/mol. The number of hydrogen-bond donors (Lipinski definition) is 1. The Hall–Kier alpha value is -4.01. The van der Waals surface area contributed by atoms with E-state index in [2.05, 4.69) is 56.8 Å². The van der Waals surface area contributed by atoms with Gasteiger partial charge in [-0.1, -0.05) is 24.3 Å². The van der Waals surface area contributed by atoms with Crippen molar-refractivity contribution < 1.29 is 4.74 Å². The maximum absolute atomic E-state index is 6.02. The molecule has 184 valence electrons. The molecule has 0 aliphatic carbocycles. The molecule has 3 aromatic heterocycles. The molecule has 1 fully saturated rings. The molecule has 1 N–H and O–H groups in total. The first-order valence-corrected chi connectivity index (χ1v) is 13.3. The molecule has 1 aliphatic rings. The lowest BCUT2D eigenvalue weighted by molar-refractivity contribution is 0.482. The zero-order valence-corrected chi connectivity index (χ0v) is 22.0. The number of nitrogens with zero attached hydrogens (tertiary/aromatic N) is 4. The summed E-state index contributed by atoms with van der Waals surface area (Å²) in [6.45, 7) is 4.27. The fraction of sp³-hybridized carbons (Fsp3) is 0.138. The molecule has 5 aromatic rings. The van der Waals surface area contributed by atoms with Crippen LogP contribution in [-0.4, -0.2) is 19.6 Å². The summed E-state index contributed by atoms with van der Waals surface area (Å²) in [6, 6.07) is 25.9. The summed E-state index contributed by atoms with van der Waals surface area (Å²) in [5.74, 6) is 1.57. The molecule has 4 heterocycles. The van der Waals surface area contributed by atoms with Crippen LogP contribution in [0.25, 0.3) is 5.13 Å². The summed E-state index contributed by atoms with van der Waals surface area (Å²) in [5, 5.41) is 7.18. The maximum Gasteiger partial charge on any atom is 0.193 e. The van der Waals surface area contributed by atoms with Crippen LogP contribution < -0.4 is 15.0 Å². The molecule has 2 aromatic carbocycles. The Morgan fingerprint density at radius 2 is 1.65 bits per heavy atom. The number of rotatable bonds is 6. The molecule has 0 amide bonds. The first-order valence-electron chi connectivity index (χ1n) is 12.0. The summed E-state index contributed by atoms with van der Waals surface area (Å²) >= 11 is 7.54. The third-order valence-corrected chi connectivity index (χ3v) is 7.66. The van der Waals surface area contributed by atoms with E-state index in [-0.39, 0.29) is 12.1 Å². The number of hydrogen-bond acceptors (Lipinski definition) is 5. The third kappa shape index (κ3) is 4.39. The molecule has 6 nitrogen and oxygen atoms in total. The number of benzene rings is 2. The average molecular weight is 524 g/mol. The number of aryl methyl sites for hydroxylation is 1. The summed E-state index contributed by atoms with van der Waals surface area (Å²) in [4.78, 5) is 11.4. The van der Waals surface area contributed by atoms with Crippen molar-refractivity contribution >= 4 is 34.4 Å². The Bertz CT molecular complexity index is 1520. The Labute approximate surface area is 225 Å². The van der Waals surface area contributed by atoms with E-state index in [0.29, 0.717) is 5.11 Å². The van der Waals surface area contributed by atoms with Crippen molar-refractivity contribution in [3.05, 3.63) is 119 Å². The number of thiazole rings is 1. The van der Waals surface area contributed by atoms with Gasteiger partial charge in [0, 0.05) is 34.8 Å². The molecule has 2 atom stereocenters. The normalized spacial score (nSPS) is 17.1. The van der Waals surface area contributed by atoms with Gasteiger partial charge in [-0.15, -0.1) is 11.3 Å². The van der Waals surface area contributed by atoms with Gasteiger partial charge in [0.2, 0.25) is 0 Å². The van der Waals surface area contributed by atoms with Crippen LogP contribution in [-0.2, 0) is 0 Å². The van der Waals surface area contributed by atoms with Gasteiger partial charge < -0.3 is 15.0 Å². The van der Waals surface area contributed by atoms with E-state index in [9.17, 15) is 0 Å². The largest absolute Gasteiger partial charge is 0.457 e. The van der Waals surface area contributed by atoms with E-state index in [0.717, 1.165) is 39.4 Å². The molecule has 8 heteroatoms. The van der Waals surface area contributed by atoms with Crippen LogP contribution in [0.3, 0.4) is 0 Å². The molecule has 0 saturated carbocycles. The summed E-state index contributed by atoms with van der Waals surface area (Å²) in [7, 11) is 0. The highest BCUT2D eigenvalue weighted by Crippen LogP contribution is 2.44. The van der Waals surface area contributed by atoms with Crippen LogP contribution in [0.5, 0.6) is 11.5 Å². The molecule has 6 rings (SSSR count). The van der Waals surface area contributed by atoms with Crippen molar-refractivity contribution in [1.82, 2.24) is 19.9 Å². The van der Waals surface area contributed by atoms with Gasteiger partial charge in [-0.05, 0) is 86.2 Å². The predicted molar refractivity (Wildman–Crippen MR) is 152 cm³/mol. The van der Waals surface area contributed by atoms with Gasteiger partial charge in [-0.2, -0.15) is 0 Å². The molecule has 37 heavy (non-hydrogen) atoms. The number of anilines is 1. The summed E-state index contributed by atoms with van der Waals surface area (Å²) in [5.41, 5.74) is 5.38. The van der Waals surface area contributed by atoms with E-state index < -0.39 is 0 Å². The van der Waals surface area contributed by atoms with Gasteiger partial charge in [0.1, 0.15) is 11.5 Å². The average Bonchev–Trinajstić information content (AvgIpc) is 3.63. The second-order valence-corrected chi connectivity index (χ2v) is 10.1. The molecule has 0 bridgehead atoms. The fourth-order valence-electron chi connectivity index (χ4n) is 4.96. The van der Waals surface area contributed by atoms with Gasteiger partial charge in [0.15, 0.2) is 10.2 Å². The summed E-state index contributed by atoms with van der Waals surface area (Å²) < 4.78 is 8.23. The van der Waals surface area contributed by atoms with Crippen LogP contribution in [0.15, 0.2) is 96.6 Å². The topological polar surface area (TPSA) is 55.2 Å². The Balaban J connectivity index is 1.41. The third-order valence-electron chi connectivity index (χ3n) is 6.59. The highest BCUT2D eigenvalue weighted by atomic mass is 32.1. The van der Waals surface area contributed by atoms with Crippen molar-refractivity contribution in [2.75, 3.05) is 4.90 Å². The van der Waals surface area contributed by atoms with Crippen molar-refractivity contribution in [1.29, 1.82) is 0 Å². The second-order valence-electron chi connectivity index (χ2n) is 8.88. The lowest BCUT2D eigenvalue weighted by atomic mass is 9.96. The number of pyridine rings is 1. The molecule has 1 saturated heterocycles. The fourth-order valence-corrected chi connectivity index (χ4v) is 6.05. The number of aromatic nitrogens is 3. The predicted octanol–water partition coefficient (Wildman–Crippen LogP) is 6.92. The Morgan fingerprint density at radius 1 is 0.892 bits per heavy atom. The van der Waals surface area contributed by atoms with Crippen LogP contribution in [0.1, 0.15) is 34.7 Å². The van der Waals surface area contributed by atoms with Crippen LogP contribution in [0.4, 0.5) is 5.69 Å². The zero-order chi connectivity index (χ0) is 25.4. The van der Waals surface area contributed by atoms with Gasteiger partial charge >= 0.3 is 0 Å². The first kappa shape index (κ1) is 23.4. The Kier molecular flexibility index (Phi) is 6.20. The minimum atomic E-state index is -0.112. The Morgan fingerprint density at radius 3 is 2.35 bits per heavy atom. The molecular weight excluding hydrogens is 498 g/mol. The van der Waals surface area contributed by atoms with Crippen LogP contribution in [0.2, 0.25) is 0 Å². The van der Waals surface area contributed by atoms with Crippen molar-refractivity contribution in [3.63, 3.8) is 0 Å². The SMILES string of the molecule is Cc1cc([C@H]2[C@@H](c3ccccn3)NC(=S)N2c2ccc(Oc3ccccc3)cc2)c(C)n1-c1nccs1. The number of para-hydroxylation sites is 1. The summed E-state index contributed by atoms with van der Waals surface area (Å²) in [6.07, 6.45) is 3.67. The number of ether oxygens (including phenoxy) is 1. The van der Waals surface area contributed by atoms with Gasteiger partial charge in [0.25, 0.3) is 0 Å². The van der Waals surface area contributed by atoms with Gasteiger partial charge in [-0.25, -0.2) is 4.98 Å². The van der Waals surface area contributed by atoms with Crippen LogP contribution in [0, 0.1) is 13.8 Å². The smallest absolute Gasteiger partial charge is 0.193 e. The van der Waals surface area contributed by atoms with Gasteiger partial charge in [-0.3, -0.25) is 9.55 Å². The molecular formula is C29H25N5OS2. The van der Waals surface area contributed by atoms with E-state index in [4.69, 9.17) is 17.0 Å². The minimum Gasteiger partial charge on any atom is -0.457 e. The molecule has 0 radical (unpaired) electrons. The number of nitrogens with one attached hydrogen (secondary N) is 1. The molecule has 0 spiro atoms. The molecule has 0 unspecified atom stereocenters. The second kappa shape index (κ2) is 9.80. The van der Waals surface area contributed by atoms with E-state index >= 15 is 0 Å². The minimum absolute atomic E-state index is 0.0943. The van der Waals surface area contributed by atoms with Gasteiger partial charge in [0.05, 0.1) is 17.8 Å².